The number of nitrogens with one attached hydrogen (secondary N) is 1. The quantitative estimate of drug-likeness (QED) is 0.670. The highest BCUT2D eigenvalue weighted by Crippen LogP contribution is 2.35. The Morgan fingerprint density at radius 3 is 3.00 bits per heavy atom. The summed E-state index contributed by atoms with van der Waals surface area (Å²) in [4.78, 5) is 0. The van der Waals surface area contributed by atoms with E-state index in [1.165, 1.54) is 12.8 Å². The lowest BCUT2D eigenvalue weighted by atomic mass is 9.97. The Balaban J connectivity index is 2.53. The van der Waals surface area contributed by atoms with E-state index in [0.29, 0.717) is 0 Å². The first-order valence-electron chi connectivity index (χ1n) is 5.03. The van der Waals surface area contributed by atoms with Crippen molar-refractivity contribution in [2.24, 2.45) is 5.92 Å². The molecule has 13 heavy (non-hydrogen) atoms. The third kappa shape index (κ3) is 2.32. The largest absolute Gasteiger partial charge is 0.296 e. The molecule has 72 valence electrons. The highest BCUT2D eigenvalue weighted by Gasteiger charge is 2.37. The first-order chi connectivity index (χ1) is 6.26. The molecule has 1 saturated carbocycles. The van der Waals surface area contributed by atoms with Gasteiger partial charge in [-0.15, -0.1) is 6.58 Å². The molecular formula is C11H18N2. The van der Waals surface area contributed by atoms with Crippen LogP contribution in [0, 0.1) is 17.2 Å². The molecule has 2 nitrogen and oxygen atoms in total. The van der Waals surface area contributed by atoms with Crippen molar-refractivity contribution < 1.29 is 0 Å². The molecule has 0 aromatic rings. The van der Waals surface area contributed by atoms with E-state index in [1.54, 1.807) is 0 Å². The van der Waals surface area contributed by atoms with E-state index in [4.69, 9.17) is 5.26 Å². The summed E-state index contributed by atoms with van der Waals surface area (Å²) in [6, 6.07) is 2.42. The van der Waals surface area contributed by atoms with Crippen LogP contribution in [-0.2, 0) is 0 Å². The molecule has 0 amide bonds. The maximum Gasteiger partial charge on any atom is 0.107 e. The fourth-order valence-electron chi connectivity index (χ4n) is 2.07. The molecule has 0 bridgehead atoms. The van der Waals surface area contributed by atoms with Gasteiger partial charge >= 0.3 is 0 Å². The summed E-state index contributed by atoms with van der Waals surface area (Å²) < 4.78 is 0. The van der Waals surface area contributed by atoms with Gasteiger partial charge in [0.15, 0.2) is 0 Å². The number of rotatable bonds is 4. The van der Waals surface area contributed by atoms with Crippen LogP contribution < -0.4 is 5.32 Å². The monoisotopic (exact) mass is 178 g/mol. The smallest absolute Gasteiger partial charge is 0.107 e. The maximum absolute atomic E-state index is 9.11. The molecule has 1 aliphatic carbocycles. The van der Waals surface area contributed by atoms with E-state index in [2.05, 4.69) is 24.9 Å². The molecule has 2 unspecified atom stereocenters. The predicted octanol–water partition coefficient (Wildman–Crippen LogP) is 2.23. The summed E-state index contributed by atoms with van der Waals surface area (Å²) in [6.45, 7) is 6.59. The SMILES string of the molecule is C=CCNC1(C#N)CCC(CC)C1. The van der Waals surface area contributed by atoms with Crippen LogP contribution in [0.3, 0.4) is 0 Å². The lowest BCUT2D eigenvalue weighted by Crippen LogP contribution is -2.41. The molecule has 1 fully saturated rings. The first kappa shape index (κ1) is 10.3. The van der Waals surface area contributed by atoms with Gasteiger partial charge in [0, 0.05) is 6.54 Å². The summed E-state index contributed by atoms with van der Waals surface area (Å²) in [6.07, 6.45) is 6.20. The van der Waals surface area contributed by atoms with E-state index in [0.717, 1.165) is 25.3 Å². The number of nitrogens with zero attached hydrogens (tertiary/aromatic N) is 1. The molecule has 0 aromatic heterocycles. The number of hydrogen-bond donors (Lipinski definition) is 1. The summed E-state index contributed by atoms with van der Waals surface area (Å²) in [5.74, 6) is 0.733. The molecule has 0 heterocycles. The normalized spacial score (nSPS) is 32.8. The summed E-state index contributed by atoms with van der Waals surface area (Å²) in [7, 11) is 0. The summed E-state index contributed by atoms with van der Waals surface area (Å²) in [5, 5.41) is 12.4. The van der Waals surface area contributed by atoms with E-state index in [1.807, 2.05) is 6.08 Å². The lowest BCUT2D eigenvalue weighted by molar-refractivity contribution is 0.416. The van der Waals surface area contributed by atoms with Gasteiger partial charge in [-0.3, -0.25) is 5.32 Å². The van der Waals surface area contributed by atoms with Crippen molar-refractivity contribution in [2.75, 3.05) is 6.54 Å². The van der Waals surface area contributed by atoms with Crippen LogP contribution in [-0.4, -0.2) is 12.1 Å². The van der Waals surface area contributed by atoms with Gasteiger partial charge in [-0.05, 0) is 25.2 Å². The Labute approximate surface area is 80.6 Å². The molecule has 1 aliphatic rings. The van der Waals surface area contributed by atoms with Crippen molar-refractivity contribution in [3.63, 3.8) is 0 Å². The van der Waals surface area contributed by atoms with E-state index >= 15 is 0 Å². The third-order valence-electron chi connectivity index (χ3n) is 2.99. The fraction of sp³-hybridized carbons (Fsp3) is 0.727. The van der Waals surface area contributed by atoms with Crippen LogP contribution in [0.2, 0.25) is 0 Å². The van der Waals surface area contributed by atoms with Gasteiger partial charge in [0.05, 0.1) is 6.07 Å². The minimum atomic E-state index is -0.255. The molecule has 0 radical (unpaired) electrons. The average molecular weight is 178 g/mol. The van der Waals surface area contributed by atoms with Gasteiger partial charge in [-0.1, -0.05) is 19.4 Å². The number of hydrogen-bond acceptors (Lipinski definition) is 2. The van der Waals surface area contributed by atoms with Crippen LogP contribution in [0.4, 0.5) is 0 Å². The Kier molecular flexibility index (Phi) is 3.50. The molecule has 0 saturated heterocycles. The predicted molar refractivity (Wildman–Crippen MR) is 54.2 cm³/mol. The van der Waals surface area contributed by atoms with Gasteiger partial charge in [-0.25, -0.2) is 0 Å². The van der Waals surface area contributed by atoms with E-state index in [9.17, 15) is 0 Å². The van der Waals surface area contributed by atoms with Crippen molar-refractivity contribution in [2.45, 2.75) is 38.1 Å². The summed E-state index contributed by atoms with van der Waals surface area (Å²) in [5.41, 5.74) is -0.255. The Hall–Kier alpha value is -0.810. The van der Waals surface area contributed by atoms with Crippen LogP contribution in [0.5, 0.6) is 0 Å². The van der Waals surface area contributed by atoms with Crippen molar-refractivity contribution in [1.82, 2.24) is 5.32 Å². The minimum Gasteiger partial charge on any atom is -0.296 e. The van der Waals surface area contributed by atoms with Crippen LogP contribution in [0.1, 0.15) is 32.6 Å². The van der Waals surface area contributed by atoms with Gasteiger partial charge in [0.2, 0.25) is 0 Å². The highest BCUT2D eigenvalue weighted by atomic mass is 15.0. The standard InChI is InChI=1S/C11H18N2/c1-3-7-13-11(9-12)6-5-10(4-2)8-11/h3,10,13H,1,4-8H2,2H3. The molecule has 1 N–H and O–H groups in total. The zero-order chi connectivity index (χ0) is 9.73. The second-order valence-corrected chi connectivity index (χ2v) is 3.88. The molecule has 0 spiro atoms. The Bertz CT molecular complexity index is 217. The zero-order valence-corrected chi connectivity index (χ0v) is 8.34. The second-order valence-electron chi connectivity index (χ2n) is 3.88. The molecular weight excluding hydrogens is 160 g/mol. The van der Waals surface area contributed by atoms with Gasteiger partial charge in [-0.2, -0.15) is 5.26 Å². The molecule has 0 aliphatic heterocycles. The second kappa shape index (κ2) is 4.43. The van der Waals surface area contributed by atoms with Gasteiger partial charge in [0.25, 0.3) is 0 Å². The fourth-order valence-corrected chi connectivity index (χ4v) is 2.07. The van der Waals surface area contributed by atoms with Gasteiger partial charge in [0.1, 0.15) is 5.54 Å². The maximum atomic E-state index is 9.11. The topological polar surface area (TPSA) is 35.8 Å². The van der Waals surface area contributed by atoms with Crippen molar-refractivity contribution in [3.05, 3.63) is 12.7 Å². The average Bonchev–Trinajstić information content (AvgIpc) is 2.59. The van der Waals surface area contributed by atoms with Crippen molar-refractivity contribution in [1.29, 1.82) is 5.26 Å². The third-order valence-corrected chi connectivity index (χ3v) is 2.99. The van der Waals surface area contributed by atoms with E-state index in [-0.39, 0.29) is 5.54 Å². The molecule has 1 rings (SSSR count). The Morgan fingerprint density at radius 2 is 2.54 bits per heavy atom. The van der Waals surface area contributed by atoms with E-state index < -0.39 is 0 Å². The summed E-state index contributed by atoms with van der Waals surface area (Å²) >= 11 is 0. The molecule has 0 aromatic carbocycles. The first-order valence-corrected chi connectivity index (χ1v) is 5.03. The highest BCUT2D eigenvalue weighted by molar-refractivity contribution is 5.12. The number of nitriles is 1. The van der Waals surface area contributed by atoms with Gasteiger partial charge < -0.3 is 0 Å². The van der Waals surface area contributed by atoms with Crippen molar-refractivity contribution in [3.8, 4) is 6.07 Å². The lowest BCUT2D eigenvalue weighted by Gasteiger charge is -2.21. The Morgan fingerprint density at radius 1 is 1.77 bits per heavy atom. The zero-order valence-electron chi connectivity index (χ0n) is 8.34. The van der Waals surface area contributed by atoms with Crippen LogP contribution in [0.15, 0.2) is 12.7 Å². The molecule has 2 heteroatoms. The molecule has 2 atom stereocenters. The van der Waals surface area contributed by atoms with Crippen LogP contribution >= 0.6 is 0 Å². The van der Waals surface area contributed by atoms with Crippen molar-refractivity contribution >= 4 is 0 Å². The minimum absolute atomic E-state index is 0.255. The van der Waals surface area contributed by atoms with Crippen LogP contribution in [0.25, 0.3) is 0 Å².